The second-order valence-electron chi connectivity index (χ2n) is 7.07. The molecule has 0 aromatic heterocycles. The molecule has 0 saturated heterocycles. The summed E-state index contributed by atoms with van der Waals surface area (Å²) in [4.78, 5) is 23.4. The maximum Gasteiger partial charge on any atom is 0.262 e. The molecule has 3 rings (SSSR count). The zero-order valence-electron chi connectivity index (χ0n) is 17.4. The highest BCUT2D eigenvalue weighted by atomic mass is 79.9. The van der Waals surface area contributed by atoms with Crippen LogP contribution in [0.3, 0.4) is 0 Å². The predicted octanol–water partition coefficient (Wildman–Crippen LogP) is 5.35. The molecule has 7 heteroatoms. The zero-order valence-corrected chi connectivity index (χ0v) is 19.0. The molecule has 0 radical (unpaired) electrons. The Bertz CT molecular complexity index is 1050. The van der Waals surface area contributed by atoms with Crippen molar-refractivity contribution in [1.82, 2.24) is 0 Å². The highest BCUT2D eigenvalue weighted by Gasteiger charge is 2.09. The van der Waals surface area contributed by atoms with E-state index in [1.807, 2.05) is 73.7 Å². The molecule has 0 aliphatic rings. The second kappa shape index (κ2) is 10.6. The summed E-state index contributed by atoms with van der Waals surface area (Å²) in [6.45, 7) is 3.89. The van der Waals surface area contributed by atoms with Crippen molar-refractivity contribution in [3.63, 3.8) is 0 Å². The van der Waals surface area contributed by atoms with Crippen LogP contribution in [-0.2, 0) is 16.1 Å². The van der Waals surface area contributed by atoms with Gasteiger partial charge in [0.25, 0.3) is 5.91 Å². The van der Waals surface area contributed by atoms with Crippen molar-refractivity contribution in [1.29, 1.82) is 0 Å². The number of carbonyl (C=O) groups excluding carboxylic acids is 2. The Kier molecular flexibility index (Phi) is 7.67. The molecular weight excluding hydrogens is 458 g/mol. The van der Waals surface area contributed by atoms with Gasteiger partial charge in [-0.2, -0.15) is 0 Å². The van der Waals surface area contributed by atoms with E-state index in [-0.39, 0.29) is 18.4 Å². The Balaban J connectivity index is 1.59. The summed E-state index contributed by atoms with van der Waals surface area (Å²) in [5.41, 5.74) is 4.41. The third-order valence-electron chi connectivity index (χ3n) is 4.40. The van der Waals surface area contributed by atoms with Gasteiger partial charge < -0.3 is 20.7 Å². The number of anilines is 3. The van der Waals surface area contributed by atoms with Gasteiger partial charge >= 0.3 is 0 Å². The monoisotopic (exact) mass is 481 g/mol. The number of nitrogens with one attached hydrogen (secondary N) is 3. The lowest BCUT2D eigenvalue weighted by molar-refractivity contribution is -0.118. The van der Waals surface area contributed by atoms with Crippen LogP contribution in [0, 0.1) is 6.92 Å². The molecule has 0 aliphatic heterocycles. The minimum absolute atomic E-state index is 0.0894. The zero-order chi connectivity index (χ0) is 22.2. The number of rotatable bonds is 8. The molecule has 3 N–H and O–H groups in total. The molecule has 0 saturated carbocycles. The van der Waals surface area contributed by atoms with Gasteiger partial charge in [-0.25, -0.2) is 0 Å². The third-order valence-corrected chi connectivity index (χ3v) is 4.90. The highest BCUT2D eigenvalue weighted by Crippen LogP contribution is 2.25. The normalized spacial score (nSPS) is 10.3. The number of hydrogen-bond acceptors (Lipinski definition) is 4. The van der Waals surface area contributed by atoms with Gasteiger partial charge in [0.15, 0.2) is 6.61 Å². The Morgan fingerprint density at radius 1 is 0.871 bits per heavy atom. The summed E-state index contributed by atoms with van der Waals surface area (Å²) in [7, 11) is 0. The minimum Gasteiger partial charge on any atom is -0.483 e. The summed E-state index contributed by atoms with van der Waals surface area (Å²) in [5.74, 6) is 0.298. The molecule has 2 amide bonds. The molecule has 6 nitrogen and oxygen atoms in total. The van der Waals surface area contributed by atoms with Crippen LogP contribution in [0.25, 0.3) is 0 Å². The lowest BCUT2D eigenvalue weighted by Gasteiger charge is -2.14. The smallest absolute Gasteiger partial charge is 0.262 e. The van der Waals surface area contributed by atoms with Gasteiger partial charge in [0.2, 0.25) is 5.91 Å². The first-order valence-corrected chi connectivity index (χ1v) is 10.6. The summed E-state index contributed by atoms with van der Waals surface area (Å²) in [6, 6.07) is 20.7. The van der Waals surface area contributed by atoms with E-state index >= 15 is 0 Å². The SMILES string of the molecule is CC(=O)Nc1ccc(NCc2cc(Br)ccc2OCC(=O)Nc2ccc(C)cc2)cc1. The van der Waals surface area contributed by atoms with Gasteiger partial charge in [-0.1, -0.05) is 33.6 Å². The van der Waals surface area contributed by atoms with Gasteiger partial charge in [0.1, 0.15) is 5.75 Å². The maximum atomic E-state index is 12.2. The Hall–Kier alpha value is -3.32. The number of hydrogen-bond donors (Lipinski definition) is 3. The predicted molar refractivity (Wildman–Crippen MR) is 128 cm³/mol. The fraction of sp³-hybridized carbons (Fsp3) is 0.167. The number of carbonyl (C=O) groups is 2. The second-order valence-corrected chi connectivity index (χ2v) is 7.98. The van der Waals surface area contributed by atoms with Crippen molar-refractivity contribution in [2.75, 3.05) is 22.6 Å². The average molecular weight is 482 g/mol. The largest absolute Gasteiger partial charge is 0.483 e. The van der Waals surface area contributed by atoms with Crippen molar-refractivity contribution in [2.45, 2.75) is 20.4 Å². The van der Waals surface area contributed by atoms with Crippen LogP contribution in [0.5, 0.6) is 5.75 Å². The third kappa shape index (κ3) is 7.15. The molecule has 3 aromatic rings. The minimum atomic E-state index is -0.223. The lowest BCUT2D eigenvalue weighted by Crippen LogP contribution is -2.20. The van der Waals surface area contributed by atoms with Gasteiger partial charge in [0, 0.05) is 40.6 Å². The first-order valence-electron chi connectivity index (χ1n) is 9.78. The first kappa shape index (κ1) is 22.4. The standard InChI is InChI=1S/C24H24BrN3O3/c1-16-3-6-22(7-4-16)28-24(30)15-31-23-12-5-19(25)13-18(23)14-26-20-8-10-21(11-9-20)27-17(2)29/h3-13,26H,14-15H2,1-2H3,(H,27,29)(H,28,30). The number of benzene rings is 3. The molecule has 0 unspecified atom stereocenters. The van der Waals surface area contributed by atoms with Crippen molar-refractivity contribution in [3.05, 3.63) is 82.3 Å². The Morgan fingerprint density at radius 2 is 1.48 bits per heavy atom. The molecule has 31 heavy (non-hydrogen) atoms. The molecule has 0 atom stereocenters. The molecule has 0 spiro atoms. The summed E-state index contributed by atoms with van der Waals surface area (Å²) < 4.78 is 6.70. The van der Waals surface area contributed by atoms with Crippen molar-refractivity contribution >= 4 is 44.8 Å². The van der Waals surface area contributed by atoms with E-state index in [1.165, 1.54) is 6.92 Å². The number of halogens is 1. The van der Waals surface area contributed by atoms with Gasteiger partial charge in [-0.05, 0) is 61.5 Å². The van der Waals surface area contributed by atoms with Crippen LogP contribution in [-0.4, -0.2) is 18.4 Å². The van der Waals surface area contributed by atoms with Gasteiger partial charge in [-0.15, -0.1) is 0 Å². The molecule has 0 bridgehead atoms. The highest BCUT2D eigenvalue weighted by molar-refractivity contribution is 9.10. The maximum absolute atomic E-state index is 12.2. The van der Waals surface area contributed by atoms with Gasteiger partial charge in [0.05, 0.1) is 0 Å². The van der Waals surface area contributed by atoms with Crippen LogP contribution in [0.4, 0.5) is 17.1 Å². The van der Waals surface area contributed by atoms with Crippen LogP contribution in [0.1, 0.15) is 18.1 Å². The van der Waals surface area contributed by atoms with Crippen LogP contribution < -0.4 is 20.7 Å². The fourth-order valence-electron chi connectivity index (χ4n) is 2.88. The molecule has 0 aliphatic carbocycles. The van der Waals surface area contributed by atoms with E-state index in [2.05, 4.69) is 31.9 Å². The molecule has 3 aromatic carbocycles. The summed E-state index contributed by atoms with van der Waals surface area (Å²) >= 11 is 3.48. The van der Waals surface area contributed by atoms with E-state index in [0.717, 1.165) is 32.7 Å². The lowest BCUT2D eigenvalue weighted by atomic mass is 10.2. The summed E-state index contributed by atoms with van der Waals surface area (Å²) in [5, 5.41) is 8.89. The van der Waals surface area contributed by atoms with Crippen LogP contribution in [0.15, 0.2) is 71.2 Å². The van der Waals surface area contributed by atoms with E-state index in [4.69, 9.17) is 4.74 Å². The topological polar surface area (TPSA) is 79.5 Å². The van der Waals surface area contributed by atoms with E-state index < -0.39 is 0 Å². The Morgan fingerprint density at radius 3 is 2.16 bits per heavy atom. The average Bonchev–Trinajstić information content (AvgIpc) is 2.74. The van der Waals surface area contributed by atoms with Crippen LogP contribution in [0.2, 0.25) is 0 Å². The summed E-state index contributed by atoms with van der Waals surface area (Å²) in [6.07, 6.45) is 0. The van der Waals surface area contributed by atoms with Crippen molar-refractivity contribution < 1.29 is 14.3 Å². The molecular formula is C24H24BrN3O3. The van der Waals surface area contributed by atoms with Crippen molar-refractivity contribution in [2.24, 2.45) is 0 Å². The van der Waals surface area contributed by atoms with E-state index in [1.54, 1.807) is 0 Å². The molecule has 0 heterocycles. The molecule has 0 fully saturated rings. The van der Waals surface area contributed by atoms with Crippen LogP contribution >= 0.6 is 15.9 Å². The number of ether oxygens (including phenoxy) is 1. The van der Waals surface area contributed by atoms with Gasteiger partial charge in [-0.3, -0.25) is 9.59 Å². The number of aryl methyl sites for hydroxylation is 1. The van der Waals surface area contributed by atoms with Crippen molar-refractivity contribution in [3.8, 4) is 5.75 Å². The quantitative estimate of drug-likeness (QED) is 0.405. The van der Waals surface area contributed by atoms with E-state index in [9.17, 15) is 9.59 Å². The van der Waals surface area contributed by atoms with E-state index in [0.29, 0.717) is 12.3 Å². The first-order chi connectivity index (χ1) is 14.9. The number of amides is 2. The Labute approximate surface area is 190 Å². The molecule has 160 valence electrons. The fourth-order valence-corrected chi connectivity index (χ4v) is 3.28.